The Bertz CT molecular complexity index is 693. The molecule has 1 aromatic carbocycles. The number of methoxy groups -OCH3 is 1. The monoisotopic (exact) mass is 286 g/mol. The zero-order valence-corrected chi connectivity index (χ0v) is 12.9. The number of hydrogen-bond acceptors (Lipinski definition) is 3. The van der Waals surface area contributed by atoms with Crippen LogP contribution in [0.3, 0.4) is 0 Å². The molecule has 2 heterocycles. The minimum atomic E-state index is -0.297. The molecule has 0 bridgehead atoms. The first-order valence-corrected chi connectivity index (χ1v) is 7.74. The molecular formula is C17H22N2O2. The molecule has 0 unspecified atom stereocenters. The number of ether oxygens (including phenoxy) is 2. The van der Waals surface area contributed by atoms with Gasteiger partial charge in [0, 0.05) is 35.2 Å². The van der Waals surface area contributed by atoms with Crippen molar-refractivity contribution in [1.29, 1.82) is 0 Å². The van der Waals surface area contributed by atoms with Gasteiger partial charge in [-0.1, -0.05) is 6.92 Å². The molecule has 4 heteroatoms. The molecular weight excluding hydrogens is 264 g/mol. The fourth-order valence-corrected chi connectivity index (χ4v) is 4.22. The number of rotatable bonds is 2. The zero-order chi connectivity index (χ0) is 14.6. The van der Waals surface area contributed by atoms with Crippen LogP contribution < -0.4 is 4.74 Å². The molecule has 1 N–H and O–H groups in total. The highest BCUT2D eigenvalue weighted by atomic mass is 16.5. The van der Waals surface area contributed by atoms with Gasteiger partial charge in [-0.15, -0.1) is 0 Å². The summed E-state index contributed by atoms with van der Waals surface area (Å²) in [7, 11) is 1.75. The molecule has 2 atom stereocenters. The van der Waals surface area contributed by atoms with Crippen molar-refractivity contribution in [2.45, 2.75) is 31.9 Å². The summed E-state index contributed by atoms with van der Waals surface area (Å²) in [6, 6.07) is 4.53. The van der Waals surface area contributed by atoms with Gasteiger partial charge in [0.15, 0.2) is 0 Å². The molecule has 0 radical (unpaired) electrons. The molecule has 21 heavy (non-hydrogen) atoms. The number of fused-ring (bicyclic) bond motifs is 2. The van der Waals surface area contributed by atoms with E-state index in [4.69, 9.17) is 9.47 Å². The van der Waals surface area contributed by atoms with E-state index >= 15 is 0 Å². The molecule has 0 saturated carbocycles. The second kappa shape index (κ2) is 4.49. The van der Waals surface area contributed by atoms with Crippen molar-refractivity contribution in [2.75, 3.05) is 26.8 Å². The summed E-state index contributed by atoms with van der Waals surface area (Å²) >= 11 is 0. The van der Waals surface area contributed by atoms with Crippen molar-refractivity contribution >= 4 is 10.9 Å². The summed E-state index contributed by atoms with van der Waals surface area (Å²) in [5, 5.41) is 1.30. The number of aromatic amines is 1. The lowest BCUT2D eigenvalue weighted by atomic mass is 9.75. The normalized spacial score (nSPS) is 28.6. The van der Waals surface area contributed by atoms with Crippen LogP contribution in [0.5, 0.6) is 5.75 Å². The third kappa shape index (κ3) is 1.63. The Kier molecular flexibility index (Phi) is 2.81. The van der Waals surface area contributed by atoms with Crippen LogP contribution in [0.2, 0.25) is 0 Å². The molecule has 1 aromatic heterocycles. The number of aromatic nitrogens is 1. The standard InChI is InChI=1S/C17H22N2O2/c1-4-19-7-8-21-17(2)14(19)9-11-10-18-12-5-6-13(20-3)16(17)15(11)12/h5-6,10,14,18H,4,7-9H2,1-3H3/t14-,17+/m0/s1. The van der Waals surface area contributed by atoms with Gasteiger partial charge in [0.25, 0.3) is 0 Å². The first-order chi connectivity index (χ1) is 10.2. The summed E-state index contributed by atoms with van der Waals surface area (Å²) in [5.41, 5.74) is 3.48. The van der Waals surface area contributed by atoms with Crippen molar-refractivity contribution in [3.63, 3.8) is 0 Å². The summed E-state index contributed by atoms with van der Waals surface area (Å²) < 4.78 is 12.0. The van der Waals surface area contributed by atoms with Gasteiger partial charge < -0.3 is 14.5 Å². The second-order valence-corrected chi connectivity index (χ2v) is 6.18. The van der Waals surface area contributed by atoms with E-state index in [-0.39, 0.29) is 5.60 Å². The van der Waals surface area contributed by atoms with Crippen LogP contribution in [0.1, 0.15) is 25.0 Å². The van der Waals surface area contributed by atoms with Crippen molar-refractivity contribution in [1.82, 2.24) is 9.88 Å². The van der Waals surface area contributed by atoms with Crippen LogP contribution >= 0.6 is 0 Å². The van der Waals surface area contributed by atoms with E-state index in [1.807, 2.05) is 0 Å². The number of nitrogens with zero attached hydrogens (tertiary/aromatic N) is 1. The number of H-pyrrole nitrogens is 1. The average molecular weight is 286 g/mol. The summed E-state index contributed by atoms with van der Waals surface area (Å²) in [6.07, 6.45) is 3.18. The third-order valence-corrected chi connectivity index (χ3v) is 5.28. The van der Waals surface area contributed by atoms with Gasteiger partial charge in [-0.2, -0.15) is 0 Å². The molecule has 0 amide bonds. The highest BCUT2D eigenvalue weighted by molar-refractivity contribution is 5.91. The van der Waals surface area contributed by atoms with Crippen LogP contribution in [0.15, 0.2) is 18.3 Å². The third-order valence-electron chi connectivity index (χ3n) is 5.28. The van der Waals surface area contributed by atoms with E-state index in [9.17, 15) is 0 Å². The Morgan fingerprint density at radius 2 is 2.33 bits per heavy atom. The van der Waals surface area contributed by atoms with Gasteiger partial charge in [0.2, 0.25) is 0 Å². The van der Waals surface area contributed by atoms with E-state index in [1.54, 1.807) is 7.11 Å². The first kappa shape index (κ1) is 13.2. The number of likely N-dealkylation sites (N-methyl/N-ethyl adjacent to an activating group) is 1. The number of morpholine rings is 1. The SMILES string of the molecule is CCN1CCO[C@@]2(C)c3c(OC)ccc4[nH]cc(c34)C[C@H]12. The molecule has 1 saturated heterocycles. The number of nitrogens with one attached hydrogen (secondary N) is 1. The topological polar surface area (TPSA) is 37.5 Å². The summed E-state index contributed by atoms with van der Waals surface area (Å²) in [4.78, 5) is 5.94. The van der Waals surface area contributed by atoms with E-state index < -0.39 is 0 Å². The van der Waals surface area contributed by atoms with E-state index in [0.29, 0.717) is 6.04 Å². The first-order valence-electron chi connectivity index (χ1n) is 7.74. The Hall–Kier alpha value is -1.52. The Morgan fingerprint density at radius 3 is 3.10 bits per heavy atom. The molecule has 2 aromatic rings. The molecule has 1 aliphatic heterocycles. The van der Waals surface area contributed by atoms with Gasteiger partial charge >= 0.3 is 0 Å². The molecule has 2 aliphatic rings. The smallest absolute Gasteiger partial charge is 0.125 e. The largest absolute Gasteiger partial charge is 0.496 e. The second-order valence-electron chi connectivity index (χ2n) is 6.18. The van der Waals surface area contributed by atoms with Crippen molar-refractivity contribution in [2.24, 2.45) is 0 Å². The van der Waals surface area contributed by atoms with Gasteiger partial charge in [-0.05, 0) is 37.6 Å². The zero-order valence-electron chi connectivity index (χ0n) is 12.9. The average Bonchev–Trinajstić information content (AvgIpc) is 2.91. The predicted molar refractivity (Wildman–Crippen MR) is 82.9 cm³/mol. The molecule has 4 rings (SSSR count). The van der Waals surface area contributed by atoms with E-state index in [2.05, 4.69) is 42.1 Å². The predicted octanol–water partition coefficient (Wildman–Crippen LogP) is 2.67. The van der Waals surface area contributed by atoms with Gasteiger partial charge in [0.05, 0.1) is 13.7 Å². The molecule has 0 spiro atoms. The van der Waals surface area contributed by atoms with Crippen molar-refractivity contribution in [3.8, 4) is 5.75 Å². The molecule has 1 fully saturated rings. The van der Waals surface area contributed by atoms with Crippen LogP contribution in [0.4, 0.5) is 0 Å². The molecule has 4 nitrogen and oxygen atoms in total. The Balaban J connectivity index is 2.00. The summed E-state index contributed by atoms with van der Waals surface area (Å²) in [5.74, 6) is 0.938. The maximum Gasteiger partial charge on any atom is 0.125 e. The van der Waals surface area contributed by atoms with Crippen LogP contribution in [-0.2, 0) is 16.8 Å². The minimum absolute atomic E-state index is 0.297. The minimum Gasteiger partial charge on any atom is -0.496 e. The van der Waals surface area contributed by atoms with Gasteiger partial charge in [0.1, 0.15) is 11.4 Å². The quantitative estimate of drug-likeness (QED) is 0.922. The highest BCUT2D eigenvalue weighted by Crippen LogP contribution is 2.49. The fraction of sp³-hybridized carbons (Fsp3) is 0.529. The lowest BCUT2D eigenvalue weighted by molar-refractivity contribution is -0.144. The fourth-order valence-electron chi connectivity index (χ4n) is 4.22. The van der Waals surface area contributed by atoms with E-state index in [1.165, 1.54) is 22.0 Å². The number of benzene rings is 1. The van der Waals surface area contributed by atoms with Gasteiger partial charge in [-0.3, -0.25) is 4.90 Å². The maximum absolute atomic E-state index is 6.32. The Labute approximate surface area is 125 Å². The molecule has 112 valence electrons. The number of hydrogen-bond donors (Lipinski definition) is 1. The van der Waals surface area contributed by atoms with Crippen LogP contribution in [-0.4, -0.2) is 42.7 Å². The van der Waals surface area contributed by atoms with Gasteiger partial charge in [-0.25, -0.2) is 0 Å². The van der Waals surface area contributed by atoms with Crippen LogP contribution in [0.25, 0.3) is 10.9 Å². The summed E-state index contributed by atoms with van der Waals surface area (Å²) in [6.45, 7) is 7.31. The van der Waals surface area contributed by atoms with Crippen LogP contribution in [0, 0.1) is 0 Å². The lowest BCUT2D eigenvalue weighted by Crippen LogP contribution is -2.58. The maximum atomic E-state index is 6.32. The van der Waals surface area contributed by atoms with E-state index in [0.717, 1.165) is 31.9 Å². The Morgan fingerprint density at radius 1 is 1.48 bits per heavy atom. The van der Waals surface area contributed by atoms with Crippen molar-refractivity contribution < 1.29 is 9.47 Å². The van der Waals surface area contributed by atoms with Crippen molar-refractivity contribution in [3.05, 3.63) is 29.5 Å². The molecule has 1 aliphatic carbocycles. The lowest BCUT2D eigenvalue weighted by Gasteiger charge is -2.50. The highest BCUT2D eigenvalue weighted by Gasteiger charge is 2.48.